The van der Waals surface area contributed by atoms with E-state index in [0.717, 1.165) is 6.42 Å². The largest absolute Gasteiger partial charge is 0.130 e. The van der Waals surface area contributed by atoms with Crippen LogP contribution in [-0.2, 0) is 6.42 Å². The van der Waals surface area contributed by atoms with Crippen molar-refractivity contribution in [1.29, 1.82) is 0 Å². The van der Waals surface area contributed by atoms with Crippen LogP contribution in [0.25, 0.3) is 6.08 Å². The summed E-state index contributed by atoms with van der Waals surface area (Å²) in [5.41, 5.74) is 2.86. The van der Waals surface area contributed by atoms with Crippen molar-refractivity contribution in [3.63, 3.8) is 0 Å². The molecule has 1 aromatic rings. The molecule has 0 N–H and O–H groups in total. The molecule has 11 heavy (non-hydrogen) atoms. The molecule has 1 aliphatic rings. The fourth-order valence-electron chi connectivity index (χ4n) is 1.35. The average molecular weight is 162 g/mol. The molecule has 0 bridgehead atoms. The fourth-order valence-corrected chi connectivity index (χ4v) is 1.80. The van der Waals surface area contributed by atoms with Crippen LogP contribution < -0.4 is 0 Å². The maximum atomic E-state index is 2.25. The SMILES string of the molecule is CSc1ccc2c(c1)C=CC2. The lowest BCUT2D eigenvalue weighted by atomic mass is 10.1. The van der Waals surface area contributed by atoms with Crippen LogP contribution in [0.4, 0.5) is 0 Å². The first kappa shape index (κ1) is 6.99. The summed E-state index contributed by atoms with van der Waals surface area (Å²) in [5, 5.41) is 0. The summed E-state index contributed by atoms with van der Waals surface area (Å²) < 4.78 is 0. The summed E-state index contributed by atoms with van der Waals surface area (Å²) in [6, 6.07) is 6.67. The molecule has 0 saturated carbocycles. The van der Waals surface area contributed by atoms with Gasteiger partial charge in [-0.25, -0.2) is 0 Å². The van der Waals surface area contributed by atoms with Crippen LogP contribution in [0, 0.1) is 0 Å². The maximum Gasteiger partial charge on any atom is 0.00752 e. The zero-order valence-corrected chi connectivity index (χ0v) is 7.32. The van der Waals surface area contributed by atoms with E-state index in [-0.39, 0.29) is 0 Å². The normalized spacial score (nSPS) is 13.5. The van der Waals surface area contributed by atoms with Gasteiger partial charge in [-0.3, -0.25) is 0 Å². The van der Waals surface area contributed by atoms with Crippen molar-refractivity contribution in [3.8, 4) is 0 Å². The minimum atomic E-state index is 1.12. The molecule has 0 spiro atoms. The highest BCUT2D eigenvalue weighted by Gasteiger charge is 2.03. The minimum absolute atomic E-state index is 1.12. The van der Waals surface area contributed by atoms with E-state index in [1.54, 1.807) is 11.8 Å². The summed E-state index contributed by atoms with van der Waals surface area (Å²) in [5.74, 6) is 0. The summed E-state index contributed by atoms with van der Waals surface area (Å²) in [7, 11) is 0. The van der Waals surface area contributed by atoms with E-state index in [2.05, 4.69) is 36.6 Å². The van der Waals surface area contributed by atoms with E-state index in [9.17, 15) is 0 Å². The first-order valence-corrected chi connectivity index (χ1v) is 4.96. The Hall–Kier alpha value is -0.690. The Bertz CT molecular complexity index is 300. The number of thioether (sulfide) groups is 1. The van der Waals surface area contributed by atoms with E-state index in [0.29, 0.717) is 0 Å². The van der Waals surface area contributed by atoms with Crippen molar-refractivity contribution in [2.45, 2.75) is 11.3 Å². The zero-order chi connectivity index (χ0) is 7.68. The van der Waals surface area contributed by atoms with Crippen LogP contribution in [0.15, 0.2) is 29.2 Å². The smallest absolute Gasteiger partial charge is 0.00752 e. The van der Waals surface area contributed by atoms with E-state index in [4.69, 9.17) is 0 Å². The van der Waals surface area contributed by atoms with Crippen LogP contribution in [-0.4, -0.2) is 6.26 Å². The molecule has 0 aliphatic heterocycles. The Kier molecular flexibility index (Phi) is 1.74. The second-order valence-corrected chi connectivity index (χ2v) is 3.55. The molecule has 0 radical (unpaired) electrons. The maximum absolute atomic E-state index is 2.25. The molecule has 1 aromatic carbocycles. The number of fused-ring (bicyclic) bond motifs is 1. The number of hydrogen-bond acceptors (Lipinski definition) is 1. The summed E-state index contributed by atoms with van der Waals surface area (Å²) in [6.07, 6.45) is 7.65. The Morgan fingerprint density at radius 1 is 1.36 bits per heavy atom. The molecule has 0 atom stereocenters. The van der Waals surface area contributed by atoms with Crippen LogP contribution in [0.3, 0.4) is 0 Å². The second-order valence-electron chi connectivity index (χ2n) is 2.67. The first-order chi connectivity index (χ1) is 5.40. The number of allylic oxidation sites excluding steroid dienone is 1. The molecule has 0 unspecified atom stereocenters. The Morgan fingerprint density at radius 2 is 2.27 bits per heavy atom. The van der Waals surface area contributed by atoms with Crippen LogP contribution in [0.5, 0.6) is 0 Å². The van der Waals surface area contributed by atoms with Gasteiger partial charge in [0.25, 0.3) is 0 Å². The third kappa shape index (κ3) is 1.21. The Labute approximate surface area is 71.3 Å². The van der Waals surface area contributed by atoms with Gasteiger partial charge in [-0.15, -0.1) is 11.8 Å². The van der Waals surface area contributed by atoms with Gasteiger partial charge in [0, 0.05) is 4.90 Å². The molecule has 56 valence electrons. The van der Waals surface area contributed by atoms with Crippen molar-refractivity contribution < 1.29 is 0 Å². The lowest BCUT2D eigenvalue weighted by molar-refractivity contribution is 1.28. The Balaban J connectivity index is 2.47. The highest BCUT2D eigenvalue weighted by atomic mass is 32.2. The van der Waals surface area contributed by atoms with Gasteiger partial charge in [0.05, 0.1) is 0 Å². The molecule has 0 saturated heterocycles. The number of rotatable bonds is 1. The molecule has 0 fully saturated rings. The molecule has 0 amide bonds. The highest BCUT2D eigenvalue weighted by molar-refractivity contribution is 7.98. The van der Waals surface area contributed by atoms with Gasteiger partial charge in [0.1, 0.15) is 0 Å². The van der Waals surface area contributed by atoms with E-state index >= 15 is 0 Å². The molecule has 2 rings (SSSR count). The van der Waals surface area contributed by atoms with Gasteiger partial charge in [-0.05, 0) is 35.9 Å². The van der Waals surface area contributed by atoms with Gasteiger partial charge in [0.15, 0.2) is 0 Å². The van der Waals surface area contributed by atoms with Gasteiger partial charge in [0.2, 0.25) is 0 Å². The lowest BCUT2D eigenvalue weighted by Crippen LogP contribution is -1.80. The average Bonchev–Trinajstić information content (AvgIpc) is 2.50. The molecular weight excluding hydrogens is 152 g/mol. The molecule has 1 heteroatoms. The number of hydrogen-bond donors (Lipinski definition) is 0. The topological polar surface area (TPSA) is 0 Å². The van der Waals surface area contributed by atoms with Gasteiger partial charge in [-0.2, -0.15) is 0 Å². The predicted octanol–water partition coefficient (Wildman–Crippen LogP) is 2.98. The molecule has 0 aromatic heterocycles. The first-order valence-electron chi connectivity index (χ1n) is 3.73. The van der Waals surface area contributed by atoms with Crippen LogP contribution in [0.1, 0.15) is 11.1 Å². The van der Waals surface area contributed by atoms with Gasteiger partial charge >= 0.3 is 0 Å². The van der Waals surface area contributed by atoms with E-state index < -0.39 is 0 Å². The highest BCUT2D eigenvalue weighted by Crippen LogP contribution is 2.24. The quantitative estimate of drug-likeness (QED) is 0.572. The molecule has 0 nitrogen and oxygen atoms in total. The second kappa shape index (κ2) is 2.74. The number of benzene rings is 1. The van der Waals surface area contributed by atoms with Crippen molar-refractivity contribution >= 4 is 17.8 Å². The minimum Gasteiger partial charge on any atom is -0.130 e. The zero-order valence-electron chi connectivity index (χ0n) is 6.50. The van der Waals surface area contributed by atoms with E-state index in [1.807, 2.05) is 0 Å². The van der Waals surface area contributed by atoms with Crippen LogP contribution in [0.2, 0.25) is 0 Å². The summed E-state index contributed by atoms with van der Waals surface area (Å²) >= 11 is 1.80. The van der Waals surface area contributed by atoms with Gasteiger partial charge < -0.3 is 0 Å². The van der Waals surface area contributed by atoms with Gasteiger partial charge in [-0.1, -0.05) is 18.2 Å². The van der Waals surface area contributed by atoms with Crippen molar-refractivity contribution in [2.75, 3.05) is 6.26 Å². The Morgan fingerprint density at radius 3 is 3.09 bits per heavy atom. The molecular formula is C10H10S. The van der Waals surface area contributed by atoms with Crippen molar-refractivity contribution in [2.24, 2.45) is 0 Å². The summed E-state index contributed by atoms with van der Waals surface area (Å²) in [6.45, 7) is 0. The third-order valence-electron chi connectivity index (χ3n) is 1.99. The monoisotopic (exact) mass is 162 g/mol. The molecule has 0 heterocycles. The summed E-state index contributed by atoms with van der Waals surface area (Å²) in [4.78, 5) is 1.36. The van der Waals surface area contributed by atoms with E-state index in [1.165, 1.54) is 16.0 Å². The fraction of sp³-hybridized carbons (Fsp3) is 0.200. The molecule has 1 aliphatic carbocycles. The predicted molar refractivity (Wildman–Crippen MR) is 51.0 cm³/mol. The lowest BCUT2D eigenvalue weighted by Gasteiger charge is -2.00. The van der Waals surface area contributed by atoms with Crippen molar-refractivity contribution in [1.82, 2.24) is 0 Å². The van der Waals surface area contributed by atoms with Crippen LogP contribution >= 0.6 is 11.8 Å². The van der Waals surface area contributed by atoms with Crippen molar-refractivity contribution in [3.05, 3.63) is 35.4 Å². The standard InChI is InChI=1S/C10H10S/c1-11-10-6-5-8-3-2-4-9(8)7-10/h2,4-7H,3H2,1H3. The third-order valence-corrected chi connectivity index (χ3v) is 2.71.